The van der Waals surface area contributed by atoms with E-state index in [1.165, 1.54) is 18.2 Å². The van der Waals surface area contributed by atoms with Crippen LogP contribution < -0.4 is 0 Å². The molecule has 0 saturated carbocycles. The Balaban J connectivity index is 2.25. The van der Waals surface area contributed by atoms with Crippen LogP contribution >= 0.6 is 23.2 Å². The molecule has 2 rings (SSSR count). The van der Waals surface area contributed by atoms with Crippen LogP contribution in [0.1, 0.15) is 28.9 Å². The van der Waals surface area contributed by atoms with E-state index in [0.717, 1.165) is 11.8 Å². The van der Waals surface area contributed by atoms with Crippen molar-refractivity contribution in [2.24, 2.45) is 0 Å². The number of carbonyl (C=O) groups is 1. The number of sulfone groups is 1. The molecule has 2 aromatic rings. The molecule has 128 valence electrons. The maximum Gasteiger partial charge on any atom is 0.255 e. The summed E-state index contributed by atoms with van der Waals surface area (Å²) in [6.07, 6.45) is 1.16. The normalized spacial score (nSPS) is 12.7. The van der Waals surface area contributed by atoms with Gasteiger partial charge in [-0.15, -0.1) is 0 Å². The predicted octanol–water partition coefficient (Wildman–Crippen LogP) is 4.23. The van der Waals surface area contributed by atoms with Gasteiger partial charge >= 0.3 is 0 Å². The van der Waals surface area contributed by atoms with Gasteiger partial charge in [-0.2, -0.15) is 0 Å². The summed E-state index contributed by atoms with van der Waals surface area (Å²) < 4.78 is 23.0. The molecule has 0 aliphatic carbocycles. The average Bonchev–Trinajstić information content (AvgIpc) is 2.52. The molecule has 0 aliphatic heterocycles. The zero-order valence-electron chi connectivity index (χ0n) is 13.5. The van der Waals surface area contributed by atoms with Gasteiger partial charge in [0.1, 0.15) is 0 Å². The summed E-state index contributed by atoms with van der Waals surface area (Å²) in [6.45, 7) is 1.86. The van der Waals surface area contributed by atoms with Gasteiger partial charge in [0.25, 0.3) is 5.91 Å². The fourth-order valence-corrected chi connectivity index (χ4v) is 3.37. The maximum absolute atomic E-state index is 12.6. The molecule has 0 saturated heterocycles. The standard InChI is InChI=1S/C17H17Cl2NO3S/c1-11(12-4-7-14(8-5-12)24(3,22)23)20(2)17(21)15-9-6-13(18)10-16(15)19/h4-11H,1-3H3. The van der Waals surface area contributed by atoms with Crippen molar-refractivity contribution >= 4 is 38.9 Å². The quantitative estimate of drug-likeness (QED) is 0.790. The molecule has 0 radical (unpaired) electrons. The Morgan fingerprint density at radius 3 is 2.17 bits per heavy atom. The molecular weight excluding hydrogens is 369 g/mol. The number of benzene rings is 2. The molecule has 7 heteroatoms. The molecular formula is C17H17Cl2NO3S. The summed E-state index contributed by atoms with van der Waals surface area (Å²) >= 11 is 11.9. The van der Waals surface area contributed by atoms with Gasteiger partial charge in [-0.3, -0.25) is 4.79 Å². The van der Waals surface area contributed by atoms with Gasteiger partial charge in [0.15, 0.2) is 9.84 Å². The van der Waals surface area contributed by atoms with E-state index in [1.807, 2.05) is 6.92 Å². The summed E-state index contributed by atoms with van der Waals surface area (Å²) in [5.41, 5.74) is 1.19. The minimum atomic E-state index is -3.25. The van der Waals surface area contributed by atoms with Crippen molar-refractivity contribution in [3.05, 3.63) is 63.6 Å². The first-order valence-electron chi connectivity index (χ1n) is 7.13. The number of hydrogen-bond donors (Lipinski definition) is 0. The molecule has 2 aromatic carbocycles. The monoisotopic (exact) mass is 385 g/mol. The molecule has 0 aromatic heterocycles. The second kappa shape index (κ2) is 7.13. The summed E-state index contributed by atoms with van der Waals surface area (Å²) in [6, 6.07) is 10.9. The SMILES string of the molecule is CC(c1ccc(S(C)(=O)=O)cc1)N(C)C(=O)c1ccc(Cl)cc1Cl. The van der Waals surface area contributed by atoms with Crippen molar-refractivity contribution in [2.45, 2.75) is 17.9 Å². The maximum atomic E-state index is 12.6. The zero-order valence-corrected chi connectivity index (χ0v) is 15.8. The second-order valence-corrected chi connectivity index (χ2v) is 8.42. The number of amides is 1. The molecule has 1 atom stereocenters. The number of halogens is 2. The molecule has 0 bridgehead atoms. The molecule has 0 aliphatic rings. The number of nitrogens with zero attached hydrogens (tertiary/aromatic N) is 1. The van der Waals surface area contributed by atoms with Crippen LogP contribution in [-0.4, -0.2) is 32.5 Å². The third-order valence-corrected chi connectivity index (χ3v) is 5.53. The third-order valence-electron chi connectivity index (χ3n) is 3.85. The summed E-state index contributed by atoms with van der Waals surface area (Å²) in [5.74, 6) is -0.239. The van der Waals surface area contributed by atoms with Gasteiger partial charge in [-0.1, -0.05) is 35.3 Å². The van der Waals surface area contributed by atoms with Crippen LogP contribution in [0, 0.1) is 0 Å². The number of rotatable bonds is 4. The van der Waals surface area contributed by atoms with Crippen LogP contribution in [0.15, 0.2) is 47.4 Å². The lowest BCUT2D eigenvalue weighted by molar-refractivity contribution is 0.0743. The lowest BCUT2D eigenvalue weighted by atomic mass is 10.1. The highest BCUT2D eigenvalue weighted by molar-refractivity contribution is 7.90. The van der Waals surface area contributed by atoms with Gasteiger partial charge in [0, 0.05) is 18.3 Å². The van der Waals surface area contributed by atoms with Crippen LogP contribution in [-0.2, 0) is 9.84 Å². The topological polar surface area (TPSA) is 54.5 Å². The Hall–Kier alpha value is -1.56. The van der Waals surface area contributed by atoms with Gasteiger partial charge in [-0.05, 0) is 42.8 Å². The fraction of sp³-hybridized carbons (Fsp3) is 0.235. The van der Waals surface area contributed by atoms with E-state index in [9.17, 15) is 13.2 Å². The molecule has 4 nitrogen and oxygen atoms in total. The van der Waals surface area contributed by atoms with Crippen molar-refractivity contribution in [1.82, 2.24) is 4.90 Å². The van der Waals surface area contributed by atoms with E-state index in [4.69, 9.17) is 23.2 Å². The molecule has 1 unspecified atom stereocenters. The lowest BCUT2D eigenvalue weighted by Crippen LogP contribution is -2.29. The van der Waals surface area contributed by atoms with Gasteiger partial charge < -0.3 is 4.90 Å². The first-order chi connectivity index (χ1) is 11.1. The van der Waals surface area contributed by atoms with Gasteiger partial charge in [-0.25, -0.2) is 8.42 Å². The van der Waals surface area contributed by atoms with Crippen molar-refractivity contribution in [3.8, 4) is 0 Å². The van der Waals surface area contributed by atoms with Crippen molar-refractivity contribution in [1.29, 1.82) is 0 Å². The largest absolute Gasteiger partial charge is 0.335 e. The third kappa shape index (κ3) is 4.09. The van der Waals surface area contributed by atoms with E-state index < -0.39 is 9.84 Å². The van der Waals surface area contributed by atoms with E-state index in [2.05, 4.69) is 0 Å². The zero-order chi connectivity index (χ0) is 18.1. The molecule has 24 heavy (non-hydrogen) atoms. The Kier molecular flexibility index (Phi) is 5.58. The van der Waals surface area contributed by atoms with E-state index in [-0.39, 0.29) is 16.8 Å². The summed E-state index contributed by atoms with van der Waals surface area (Å²) in [5, 5.41) is 0.752. The molecule has 0 fully saturated rings. The summed E-state index contributed by atoms with van der Waals surface area (Å²) in [7, 11) is -1.58. The highest BCUT2D eigenvalue weighted by Crippen LogP contribution is 2.26. The van der Waals surface area contributed by atoms with Gasteiger partial charge in [0.05, 0.1) is 21.5 Å². The Morgan fingerprint density at radius 2 is 1.67 bits per heavy atom. The van der Waals surface area contributed by atoms with Crippen LogP contribution in [0.3, 0.4) is 0 Å². The van der Waals surface area contributed by atoms with E-state index in [0.29, 0.717) is 15.6 Å². The molecule has 1 amide bonds. The van der Waals surface area contributed by atoms with Crippen molar-refractivity contribution < 1.29 is 13.2 Å². The average molecular weight is 386 g/mol. The van der Waals surface area contributed by atoms with Crippen LogP contribution in [0.4, 0.5) is 0 Å². The fourth-order valence-electron chi connectivity index (χ4n) is 2.25. The molecule has 0 N–H and O–H groups in total. The first-order valence-corrected chi connectivity index (χ1v) is 9.78. The smallest absolute Gasteiger partial charge is 0.255 e. The minimum Gasteiger partial charge on any atom is -0.335 e. The Bertz CT molecular complexity index is 864. The van der Waals surface area contributed by atoms with Crippen molar-refractivity contribution in [2.75, 3.05) is 13.3 Å². The van der Waals surface area contributed by atoms with Crippen LogP contribution in [0.25, 0.3) is 0 Å². The number of carbonyl (C=O) groups excluding carboxylic acids is 1. The Labute approximate surface area is 151 Å². The molecule has 0 spiro atoms. The van der Waals surface area contributed by atoms with Crippen molar-refractivity contribution in [3.63, 3.8) is 0 Å². The van der Waals surface area contributed by atoms with Gasteiger partial charge in [0.2, 0.25) is 0 Å². The molecule has 0 heterocycles. The lowest BCUT2D eigenvalue weighted by Gasteiger charge is -2.26. The van der Waals surface area contributed by atoms with Crippen LogP contribution in [0.2, 0.25) is 10.0 Å². The predicted molar refractivity (Wildman–Crippen MR) is 96.5 cm³/mol. The van der Waals surface area contributed by atoms with Crippen LogP contribution in [0.5, 0.6) is 0 Å². The number of hydrogen-bond acceptors (Lipinski definition) is 3. The van der Waals surface area contributed by atoms with E-state index in [1.54, 1.807) is 36.2 Å². The minimum absolute atomic E-state index is 0.239. The van der Waals surface area contributed by atoms with E-state index >= 15 is 0 Å². The Morgan fingerprint density at radius 1 is 1.08 bits per heavy atom. The summed E-state index contributed by atoms with van der Waals surface area (Å²) in [4.78, 5) is 14.4. The first kappa shape index (κ1) is 18.8. The second-order valence-electron chi connectivity index (χ2n) is 5.56. The highest BCUT2D eigenvalue weighted by atomic mass is 35.5. The highest BCUT2D eigenvalue weighted by Gasteiger charge is 2.21.